The van der Waals surface area contributed by atoms with Crippen molar-refractivity contribution in [1.29, 1.82) is 0 Å². The molecular formula is C15H32IN3O. The van der Waals surface area contributed by atoms with Crippen LogP contribution in [0.4, 0.5) is 0 Å². The number of guanidine groups is 1. The predicted molar refractivity (Wildman–Crippen MR) is 97.1 cm³/mol. The summed E-state index contributed by atoms with van der Waals surface area (Å²) in [6, 6.07) is 0. The molecule has 0 aromatic carbocycles. The van der Waals surface area contributed by atoms with Gasteiger partial charge >= 0.3 is 0 Å². The molecule has 1 rings (SSSR count). The smallest absolute Gasteiger partial charge is 0.190 e. The van der Waals surface area contributed by atoms with Gasteiger partial charge in [0.1, 0.15) is 0 Å². The van der Waals surface area contributed by atoms with E-state index in [1.807, 2.05) is 7.05 Å². The summed E-state index contributed by atoms with van der Waals surface area (Å²) >= 11 is 0. The topological polar surface area (TPSA) is 45.7 Å². The molecule has 20 heavy (non-hydrogen) atoms. The summed E-state index contributed by atoms with van der Waals surface area (Å²) in [6.45, 7) is 5.22. The molecule has 1 aliphatic carbocycles. The lowest BCUT2D eigenvalue weighted by Crippen LogP contribution is -2.46. The van der Waals surface area contributed by atoms with E-state index in [0.29, 0.717) is 5.41 Å². The molecule has 5 heteroatoms. The van der Waals surface area contributed by atoms with Crippen molar-refractivity contribution in [3.63, 3.8) is 0 Å². The second-order valence-electron chi connectivity index (χ2n) is 5.61. The fourth-order valence-electron chi connectivity index (χ4n) is 2.58. The first-order valence-electron chi connectivity index (χ1n) is 7.70. The van der Waals surface area contributed by atoms with Crippen molar-refractivity contribution >= 4 is 29.9 Å². The first-order chi connectivity index (χ1) is 9.26. The van der Waals surface area contributed by atoms with Crippen LogP contribution in [0.3, 0.4) is 0 Å². The van der Waals surface area contributed by atoms with Crippen LogP contribution in [0.15, 0.2) is 4.99 Å². The lowest BCUT2D eigenvalue weighted by atomic mass is 9.67. The van der Waals surface area contributed by atoms with E-state index in [1.165, 1.54) is 38.5 Å². The van der Waals surface area contributed by atoms with Crippen molar-refractivity contribution < 1.29 is 4.74 Å². The molecule has 120 valence electrons. The third-order valence-corrected chi connectivity index (χ3v) is 4.34. The molecule has 0 saturated heterocycles. The van der Waals surface area contributed by atoms with Gasteiger partial charge in [-0.25, -0.2) is 0 Å². The first kappa shape index (κ1) is 20.0. The maximum absolute atomic E-state index is 5.04. The van der Waals surface area contributed by atoms with Gasteiger partial charge in [-0.15, -0.1) is 24.0 Å². The van der Waals surface area contributed by atoms with Crippen molar-refractivity contribution in [2.75, 3.05) is 33.9 Å². The van der Waals surface area contributed by atoms with Gasteiger partial charge in [-0.3, -0.25) is 4.99 Å². The van der Waals surface area contributed by atoms with E-state index < -0.39 is 0 Å². The monoisotopic (exact) mass is 397 g/mol. The molecule has 0 aromatic rings. The van der Waals surface area contributed by atoms with E-state index in [1.54, 1.807) is 7.11 Å². The summed E-state index contributed by atoms with van der Waals surface area (Å²) < 4.78 is 5.04. The van der Waals surface area contributed by atoms with Crippen LogP contribution in [-0.4, -0.2) is 39.8 Å². The molecule has 0 aromatic heterocycles. The van der Waals surface area contributed by atoms with Crippen LogP contribution >= 0.6 is 24.0 Å². The number of hydrogen-bond donors (Lipinski definition) is 2. The van der Waals surface area contributed by atoms with Gasteiger partial charge < -0.3 is 15.4 Å². The summed E-state index contributed by atoms with van der Waals surface area (Å²) in [5.74, 6) is 0.950. The van der Waals surface area contributed by atoms with Crippen LogP contribution in [-0.2, 0) is 4.74 Å². The third kappa shape index (κ3) is 7.11. The van der Waals surface area contributed by atoms with Gasteiger partial charge in [0.2, 0.25) is 0 Å². The largest absolute Gasteiger partial charge is 0.385 e. The van der Waals surface area contributed by atoms with E-state index in [4.69, 9.17) is 4.74 Å². The third-order valence-electron chi connectivity index (χ3n) is 4.34. The van der Waals surface area contributed by atoms with Crippen molar-refractivity contribution in [2.45, 2.75) is 51.9 Å². The van der Waals surface area contributed by atoms with Crippen LogP contribution in [0.25, 0.3) is 0 Å². The lowest BCUT2D eigenvalue weighted by Gasteiger charge is -2.41. The standard InChI is InChI=1S/C15H31N3O.HI/c1-4-15(9-8-10-15)13-18-14(16-2)17-11-6-5-7-12-19-3;/h4-13H2,1-3H3,(H2,16,17,18);1H. The van der Waals surface area contributed by atoms with Gasteiger partial charge in [-0.1, -0.05) is 13.3 Å². The number of hydrogen-bond acceptors (Lipinski definition) is 2. The highest BCUT2D eigenvalue weighted by atomic mass is 127. The van der Waals surface area contributed by atoms with E-state index >= 15 is 0 Å². The highest BCUT2D eigenvalue weighted by Crippen LogP contribution is 2.42. The maximum atomic E-state index is 5.04. The Morgan fingerprint density at radius 1 is 1.20 bits per heavy atom. The molecular weight excluding hydrogens is 365 g/mol. The summed E-state index contributed by atoms with van der Waals surface area (Å²) in [7, 11) is 3.60. The highest BCUT2D eigenvalue weighted by molar-refractivity contribution is 14.0. The van der Waals surface area contributed by atoms with Crippen LogP contribution in [0, 0.1) is 5.41 Å². The predicted octanol–water partition coefficient (Wildman–Crippen LogP) is 3.17. The summed E-state index contributed by atoms with van der Waals surface area (Å²) in [6.07, 6.45) is 8.91. The highest BCUT2D eigenvalue weighted by Gasteiger charge is 2.34. The molecule has 0 unspecified atom stereocenters. The van der Waals surface area contributed by atoms with Gasteiger partial charge in [0.25, 0.3) is 0 Å². The molecule has 0 aliphatic heterocycles. The molecule has 0 atom stereocenters. The zero-order valence-electron chi connectivity index (χ0n) is 13.3. The Morgan fingerprint density at radius 2 is 1.95 bits per heavy atom. The molecule has 2 N–H and O–H groups in total. The van der Waals surface area contributed by atoms with Crippen molar-refractivity contribution in [3.05, 3.63) is 0 Å². The zero-order valence-corrected chi connectivity index (χ0v) is 15.7. The summed E-state index contributed by atoms with van der Waals surface area (Å²) in [5.41, 5.74) is 0.538. The second kappa shape index (κ2) is 11.6. The lowest BCUT2D eigenvalue weighted by molar-refractivity contribution is 0.131. The molecule has 1 fully saturated rings. The average molecular weight is 397 g/mol. The van der Waals surface area contributed by atoms with Gasteiger partial charge in [0.15, 0.2) is 5.96 Å². The number of unbranched alkanes of at least 4 members (excludes halogenated alkanes) is 2. The number of methoxy groups -OCH3 is 1. The van der Waals surface area contributed by atoms with Crippen molar-refractivity contribution in [1.82, 2.24) is 10.6 Å². The number of nitrogens with one attached hydrogen (secondary N) is 2. The normalized spacial score (nSPS) is 17.1. The molecule has 0 radical (unpaired) electrons. The number of rotatable bonds is 9. The maximum Gasteiger partial charge on any atom is 0.190 e. The molecule has 1 saturated carbocycles. The summed E-state index contributed by atoms with van der Waals surface area (Å²) in [5, 5.41) is 6.87. The van der Waals surface area contributed by atoms with Crippen LogP contribution in [0.5, 0.6) is 0 Å². The Hall–Kier alpha value is -0.0400. The van der Waals surface area contributed by atoms with Crippen LogP contribution in [0.2, 0.25) is 0 Å². The minimum atomic E-state index is 0. The zero-order chi connectivity index (χ0) is 14.0. The second-order valence-corrected chi connectivity index (χ2v) is 5.61. The van der Waals surface area contributed by atoms with Gasteiger partial charge in [0.05, 0.1) is 0 Å². The fraction of sp³-hybridized carbons (Fsp3) is 0.933. The van der Waals surface area contributed by atoms with Crippen molar-refractivity contribution in [3.8, 4) is 0 Å². The van der Waals surface area contributed by atoms with Gasteiger partial charge in [-0.05, 0) is 43.9 Å². The van der Waals surface area contributed by atoms with E-state index in [9.17, 15) is 0 Å². The fourth-order valence-corrected chi connectivity index (χ4v) is 2.58. The number of nitrogens with zero attached hydrogens (tertiary/aromatic N) is 1. The molecule has 0 bridgehead atoms. The average Bonchev–Trinajstić information content (AvgIpc) is 2.39. The molecule has 1 aliphatic rings. The van der Waals surface area contributed by atoms with Gasteiger partial charge in [0, 0.05) is 33.9 Å². The van der Waals surface area contributed by atoms with E-state index in [2.05, 4.69) is 22.5 Å². The number of aliphatic imine (C=N–C) groups is 1. The van der Waals surface area contributed by atoms with E-state index in [-0.39, 0.29) is 24.0 Å². The Kier molecular flexibility index (Phi) is 11.6. The SMILES string of the molecule is CCC1(CNC(=NC)NCCCCCOC)CCC1.I. The Morgan fingerprint density at radius 3 is 2.45 bits per heavy atom. The minimum Gasteiger partial charge on any atom is -0.385 e. The quantitative estimate of drug-likeness (QED) is 0.272. The van der Waals surface area contributed by atoms with Crippen LogP contribution in [0.1, 0.15) is 51.9 Å². The molecule has 0 heterocycles. The van der Waals surface area contributed by atoms with E-state index in [0.717, 1.165) is 32.1 Å². The minimum absolute atomic E-state index is 0. The number of ether oxygens (including phenoxy) is 1. The Labute approximate surface area is 141 Å². The first-order valence-corrected chi connectivity index (χ1v) is 7.70. The van der Waals surface area contributed by atoms with Crippen LogP contribution < -0.4 is 10.6 Å². The summed E-state index contributed by atoms with van der Waals surface area (Å²) in [4.78, 5) is 4.29. The molecule has 4 nitrogen and oxygen atoms in total. The number of halogens is 1. The Bertz CT molecular complexity index is 262. The molecule has 0 amide bonds. The van der Waals surface area contributed by atoms with Crippen molar-refractivity contribution in [2.24, 2.45) is 10.4 Å². The van der Waals surface area contributed by atoms with Gasteiger partial charge in [-0.2, -0.15) is 0 Å². The Balaban J connectivity index is 0.00000361. The molecule has 0 spiro atoms.